The Morgan fingerprint density at radius 1 is 1.11 bits per heavy atom. The lowest BCUT2D eigenvalue weighted by Gasteiger charge is -2.10. The molecule has 0 aliphatic rings. The zero-order chi connectivity index (χ0) is 19.9. The van der Waals surface area contributed by atoms with Gasteiger partial charge in [-0.2, -0.15) is 4.80 Å². The summed E-state index contributed by atoms with van der Waals surface area (Å²) in [4.78, 5) is 13.6. The van der Waals surface area contributed by atoms with Crippen molar-refractivity contribution < 1.29 is 9.53 Å². The third-order valence-electron chi connectivity index (χ3n) is 4.36. The van der Waals surface area contributed by atoms with Gasteiger partial charge in [-0.05, 0) is 60.9 Å². The molecule has 146 valence electrons. The molecule has 0 bridgehead atoms. The highest BCUT2D eigenvalue weighted by molar-refractivity contribution is 5.92. The van der Waals surface area contributed by atoms with Crippen molar-refractivity contribution >= 4 is 11.6 Å². The van der Waals surface area contributed by atoms with Crippen LogP contribution in [0.1, 0.15) is 30.9 Å². The number of rotatable bonds is 8. The molecule has 1 aromatic heterocycles. The Morgan fingerprint density at radius 3 is 2.50 bits per heavy atom. The van der Waals surface area contributed by atoms with Crippen molar-refractivity contribution in [2.75, 3.05) is 11.9 Å². The van der Waals surface area contributed by atoms with Crippen molar-refractivity contribution in [1.29, 1.82) is 0 Å². The van der Waals surface area contributed by atoms with Gasteiger partial charge in [-0.25, -0.2) is 0 Å². The predicted octanol–water partition coefficient (Wildman–Crippen LogP) is 3.77. The molecule has 3 aromatic rings. The van der Waals surface area contributed by atoms with Gasteiger partial charge in [0.05, 0.1) is 6.61 Å². The monoisotopic (exact) mass is 379 g/mol. The summed E-state index contributed by atoms with van der Waals surface area (Å²) in [7, 11) is 0. The summed E-state index contributed by atoms with van der Waals surface area (Å²) in [6.45, 7) is 6.76. The number of tetrazole rings is 1. The number of benzene rings is 2. The first-order valence-corrected chi connectivity index (χ1v) is 9.44. The second-order valence-electron chi connectivity index (χ2n) is 6.68. The lowest BCUT2D eigenvalue weighted by molar-refractivity contribution is -0.117. The van der Waals surface area contributed by atoms with Gasteiger partial charge in [0, 0.05) is 11.3 Å². The number of para-hydroxylation sites is 1. The molecule has 0 radical (unpaired) electrons. The number of nitrogens with zero attached hydrogens (tertiary/aromatic N) is 4. The molecular formula is C21H25N5O2. The van der Waals surface area contributed by atoms with E-state index in [2.05, 4.69) is 27.7 Å². The van der Waals surface area contributed by atoms with E-state index in [0.29, 0.717) is 12.4 Å². The Kier molecular flexibility index (Phi) is 6.37. The maximum absolute atomic E-state index is 12.3. The Hall–Kier alpha value is -3.22. The van der Waals surface area contributed by atoms with Crippen LogP contribution in [0.5, 0.6) is 5.75 Å². The molecule has 1 heterocycles. The third kappa shape index (κ3) is 4.94. The maximum Gasteiger partial charge on any atom is 0.248 e. The van der Waals surface area contributed by atoms with Gasteiger partial charge in [0.2, 0.25) is 11.7 Å². The van der Waals surface area contributed by atoms with E-state index in [4.69, 9.17) is 4.74 Å². The Morgan fingerprint density at radius 2 is 1.82 bits per heavy atom. The third-order valence-corrected chi connectivity index (χ3v) is 4.36. The SMILES string of the molecule is CCCCOc1ccc(-c2nnn(CC(=O)Nc3c(C)cccc3C)n2)cc1. The minimum Gasteiger partial charge on any atom is -0.494 e. The number of hydrogen-bond acceptors (Lipinski definition) is 5. The van der Waals surface area contributed by atoms with Crippen LogP contribution in [0.3, 0.4) is 0 Å². The molecule has 1 amide bonds. The van der Waals surface area contributed by atoms with E-state index in [-0.39, 0.29) is 12.5 Å². The number of carbonyl (C=O) groups excluding carboxylic acids is 1. The van der Waals surface area contributed by atoms with Crippen molar-refractivity contribution in [3.63, 3.8) is 0 Å². The summed E-state index contributed by atoms with van der Waals surface area (Å²) in [5.74, 6) is 1.10. The van der Waals surface area contributed by atoms with Crippen LogP contribution in [-0.2, 0) is 11.3 Å². The number of carbonyl (C=O) groups is 1. The molecule has 0 unspecified atom stereocenters. The Bertz CT molecular complexity index is 914. The summed E-state index contributed by atoms with van der Waals surface area (Å²) in [5, 5.41) is 15.3. The molecule has 0 spiro atoms. The van der Waals surface area contributed by atoms with Gasteiger partial charge in [-0.15, -0.1) is 10.2 Å². The van der Waals surface area contributed by atoms with Crippen molar-refractivity contribution in [2.45, 2.75) is 40.2 Å². The van der Waals surface area contributed by atoms with Crippen LogP contribution in [0.15, 0.2) is 42.5 Å². The van der Waals surface area contributed by atoms with E-state index in [9.17, 15) is 4.79 Å². The second-order valence-corrected chi connectivity index (χ2v) is 6.68. The number of aryl methyl sites for hydroxylation is 2. The fraction of sp³-hybridized carbons (Fsp3) is 0.333. The van der Waals surface area contributed by atoms with Gasteiger partial charge < -0.3 is 10.1 Å². The smallest absolute Gasteiger partial charge is 0.248 e. The summed E-state index contributed by atoms with van der Waals surface area (Å²) in [5.41, 5.74) is 3.68. The average molecular weight is 379 g/mol. The molecule has 0 atom stereocenters. The van der Waals surface area contributed by atoms with Crippen molar-refractivity contribution in [1.82, 2.24) is 20.2 Å². The first-order valence-electron chi connectivity index (χ1n) is 9.44. The Balaban J connectivity index is 1.61. The highest BCUT2D eigenvalue weighted by atomic mass is 16.5. The number of hydrogen-bond donors (Lipinski definition) is 1. The van der Waals surface area contributed by atoms with Crippen LogP contribution < -0.4 is 10.1 Å². The van der Waals surface area contributed by atoms with E-state index in [0.717, 1.165) is 41.0 Å². The van der Waals surface area contributed by atoms with Gasteiger partial charge in [0.1, 0.15) is 12.3 Å². The highest BCUT2D eigenvalue weighted by Gasteiger charge is 2.11. The van der Waals surface area contributed by atoms with Crippen LogP contribution in [0.4, 0.5) is 5.69 Å². The number of unbranched alkanes of at least 4 members (excludes halogenated alkanes) is 1. The highest BCUT2D eigenvalue weighted by Crippen LogP contribution is 2.20. The van der Waals surface area contributed by atoms with Crippen molar-refractivity contribution in [3.05, 3.63) is 53.6 Å². The zero-order valence-corrected chi connectivity index (χ0v) is 16.5. The number of ether oxygens (including phenoxy) is 1. The summed E-state index contributed by atoms with van der Waals surface area (Å²) in [6, 6.07) is 13.4. The first kappa shape index (κ1) is 19.5. The normalized spacial score (nSPS) is 10.7. The molecule has 7 nitrogen and oxygen atoms in total. The fourth-order valence-corrected chi connectivity index (χ4v) is 2.78. The van der Waals surface area contributed by atoms with Gasteiger partial charge in [0.25, 0.3) is 0 Å². The molecule has 0 aliphatic carbocycles. The molecule has 0 fully saturated rings. The van der Waals surface area contributed by atoms with E-state index in [1.807, 2.05) is 56.3 Å². The van der Waals surface area contributed by atoms with E-state index >= 15 is 0 Å². The molecular weight excluding hydrogens is 354 g/mol. The summed E-state index contributed by atoms with van der Waals surface area (Å²) < 4.78 is 5.66. The topological polar surface area (TPSA) is 81.9 Å². The molecule has 7 heteroatoms. The maximum atomic E-state index is 12.3. The predicted molar refractivity (Wildman–Crippen MR) is 108 cm³/mol. The van der Waals surface area contributed by atoms with E-state index in [1.165, 1.54) is 4.80 Å². The lowest BCUT2D eigenvalue weighted by Crippen LogP contribution is -2.21. The van der Waals surface area contributed by atoms with Crippen molar-refractivity contribution in [2.24, 2.45) is 0 Å². The second kappa shape index (κ2) is 9.12. The molecule has 28 heavy (non-hydrogen) atoms. The first-order chi connectivity index (χ1) is 13.6. The summed E-state index contributed by atoms with van der Waals surface area (Å²) >= 11 is 0. The minimum atomic E-state index is -0.193. The van der Waals surface area contributed by atoms with Crippen LogP contribution in [-0.4, -0.2) is 32.7 Å². The minimum absolute atomic E-state index is 0.00101. The van der Waals surface area contributed by atoms with E-state index in [1.54, 1.807) is 0 Å². The average Bonchev–Trinajstić information content (AvgIpc) is 3.14. The zero-order valence-electron chi connectivity index (χ0n) is 16.5. The number of nitrogens with one attached hydrogen (secondary N) is 1. The number of amides is 1. The van der Waals surface area contributed by atoms with Gasteiger partial charge in [-0.3, -0.25) is 4.79 Å². The number of anilines is 1. The molecule has 3 rings (SSSR count). The van der Waals surface area contributed by atoms with Crippen LogP contribution in [0, 0.1) is 13.8 Å². The summed E-state index contributed by atoms with van der Waals surface area (Å²) in [6.07, 6.45) is 2.13. The molecule has 0 saturated carbocycles. The largest absolute Gasteiger partial charge is 0.494 e. The Labute approximate surface area is 164 Å². The van der Waals surface area contributed by atoms with Crippen molar-refractivity contribution in [3.8, 4) is 17.1 Å². The van der Waals surface area contributed by atoms with E-state index < -0.39 is 0 Å². The number of aromatic nitrogens is 4. The fourth-order valence-electron chi connectivity index (χ4n) is 2.78. The van der Waals surface area contributed by atoms with Gasteiger partial charge in [-0.1, -0.05) is 31.5 Å². The lowest BCUT2D eigenvalue weighted by atomic mass is 10.1. The van der Waals surface area contributed by atoms with Gasteiger partial charge in [0.15, 0.2) is 0 Å². The molecule has 0 saturated heterocycles. The van der Waals surface area contributed by atoms with Crippen LogP contribution in [0.2, 0.25) is 0 Å². The molecule has 2 aromatic carbocycles. The standard InChI is InChI=1S/C21H25N5O2/c1-4-5-13-28-18-11-9-17(10-12-18)21-23-25-26(24-21)14-19(27)22-20-15(2)7-6-8-16(20)3/h6-12H,4-5,13-14H2,1-3H3,(H,22,27). The quantitative estimate of drug-likeness (QED) is 0.603. The molecule has 0 aliphatic heterocycles. The van der Waals surface area contributed by atoms with Gasteiger partial charge >= 0.3 is 0 Å². The molecule has 1 N–H and O–H groups in total. The van der Waals surface area contributed by atoms with Crippen LogP contribution >= 0.6 is 0 Å². The van der Waals surface area contributed by atoms with Crippen LogP contribution in [0.25, 0.3) is 11.4 Å².